The van der Waals surface area contributed by atoms with Gasteiger partial charge in [-0.15, -0.1) is 0 Å². The summed E-state index contributed by atoms with van der Waals surface area (Å²) in [6.45, 7) is 18.4. The van der Waals surface area contributed by atoms with Gasteiger partial charge >= 0.3 is 0 Å². The van der Waals surface area contributed by atoms with E-state index in [0.717, 1.165) is 85.5 Å². The van der Waals surface area contributed by atoms with Crippen LogP contribution in [0.2, 0.25) is 0 Å². The zero-order valence-corrected chi connectivity index (χ0v) is 35.2. The largest absolute Gasteiger partial charge is 0.451 e. The average molecular weight is 757 g/mol. The maximum Gasteiger partial charge on any atom is 0.182 e. The Labute approximate surface area is 325 Å². The number of nitrogens with zero attached hydrogens (tertiary/aromatic N) is 2. The first-order valence-electron chi connectivity index (χ1n) is 19.9. The van der Waals surface area contributed by atoms with Crippen LogP contribution in [-0.4, -0.2) is 8.68 Å². The van der Waals surface area contributed by atoms with Crippen LogP contribution in [0.4, 0.5) is 0 Å². The van der Waals surface area contributed by atoms with Gasteiger partial charge in [0, 0.05) is 16.5 Å². The van der Waals surface area contributed by atoms with Crippen LogP contribution in [0.1, 0.15) is 148 Å². The normalized spacial score (nSPS) is 18.0. The van der Waals surface area contributed by atoms with Crippen molar-refractivity contribution >= 4 is 42.2 Å². The van der Waals surface area contributed by atoms with Crippen molar-refractivity contribution in [3.8, 4) is 23.0 Å². The van der Waals surface area contributed by atoms with Gasteiger partial charge in [0.1, 0.15) is 0 Å². The molecule has 2 aromatic carbocycles. The van der Waals surface area contributed by atoms with Gasteiger partial charge in [0.25, 0.3) is 0 Å². The lowest BCUT2D eigenvalue weighted by Crippen LogP contribution is -2.27. The van der Waals surface area contributed by atoms with Crippen LogP contribution < -0.4 is 13.8 Å². The van der Waals surface area contributed by atoms with Crippen molar-refractivity contribution < 1.29 is 13.8 Å². The van der Waals surface area contributed by atoms with Gasteiger partial charge in [0.2, 0.25) is 0 Å². The molecule has 3 heterocycles. The van der Waals surface area contributed by atoms with E-state index in [1.165, 1.54) is 56.2 Å². The number of rotatable bonds is 6. The van der Waals surface area contributed by atoms with E-state index in [9.17, 15) is 0 Å². The Morgan fingerprint density at radius 1 is 0.537 bits per heavy atom. The summed E-state index contributed by atoms with van der Waals surface area (Å²) in [5, 5.41) is 0. The number of aromatic nitrogens is 2. The summed E-state index contributed by atoms with van der Waals surface area (Å²) in [4.78, 5) is 0. The van der Waals surface area contributed by atoms with Gasteiger partial charge in [-0.2, -0.15) is 0 Å². The fourth-order valence-corrected chi connectivity index (χ4v) is 10.8. The van der Waals surface area contributed by atoms with Gasteiger partial charge in [-0.1, -0.05) is 91.8 Å². The Morgan fingerprint density at radius 2 is 0.870 bits per heavy atom. The van der Waals surface area contributed by atoms with Gasteiger partial charge in [-0.25, -0.2) is 0 Å². The lowest BCUT2D eigenvalue weighted by atomic mass is 9.72. The van der Waals surface area contributed by atoms with E-state index < -0.39 is 0 Å². The average Bonchev–Trinajstić information content (AvgIpc) is 3.64. The Bertz CT molecular complexity index is 2080. The van der Waals surface area contributed by atoms with Crippen molar-refractivity contribution in [2.24, 2.45) is 0 Å². The standard InChI is InChI=1S/C47H54N2O3P2/c1-45(2,3)29-25-35-43(41(27-29)51-53-48-37-21-13-9-17-31(37)32-18-10-14-22-38(32)48)50-44-36(47(35,7)8)26-30(46(4,5)6)28-42(44)52-54-49-39-23-15-11-19-33(39)34-20-12-16-24-40(34)49/h13-16,21-28,53-54H,9-12,17-20H2,1-8H3. The molecule has 0 N–H and O–H groups in total. The molecule has 0 amide bonds. The number of benzene rings is 2. The third-order valence-corrected chi connectivity index (χ3v) is 14.1. The summed E-state index contributed by atoms with van der Waals surface area (Å²) in [5.74, 6) is 3.18. The van der Waals surface area contributed by atoms with Crippen LogP contribution in [0.5, 0.6) is 23.0 Å². The van der Waals surface area contributed by atoms with Crippen LogP contribution in [0.25, 0.3) is 24.3 Å². The number of fused-ring (bicyclic) bond motifs is 8. The molecule has 0 bridgehead atoms. The van der Waals surface area contributed by atoms with Crippen LogP contribution in [0.15, 0.2) is 48.6 Å². The second-order valence-electron chi connectivity index (χ2n) is 18.2. The molecule has 280 valence electrons. The highest BCUT2D eigenvalue weighted by molar-refractivity contribution is 7.31. The molecule has 5 aliphatic rings. The zero-order valence-electron chi connectivity index (χ0n) is 33.2. The molecule has 0 spiro atoms. The summed E-state index contributed by atoms with van der Waals surface area (Å²) in [6, 6.07) is 9.18. The molecule has 0 saturated heterocycles. The van der Waals surface area contributed by atoms with E-state index in [0.29, 0.717) is 0 Å². The van der Waals surface area contributed by atoms with E-state index in [-0.39, 0.29) is 34.2 Å². The lowest BCUT2D eigenvalue weighted by Gasteiger charge is -2.38. The van der Waals surface area contributed by atoms with E-state index in [4.69, 9.17) is 13.8 Å². The second kappa shape index (κ2) is 13.2. The molecule has 54 heavy (non-hydrogen) atoms. The number of allylic oxidation sites excluding steroid dienone is 4. The fourth-order valence-electron chi connectivity index (χ4n) is 8.92. The zero-order chi connectivity index (χ0) is 37.6. The maximum atomic E-state index is 7.19. The molecular formula is C47H54N2O3P2. The third-order valence-electron chi connectivity index (χ3n) is 12.2. The van der Waals surface area contributed by atoms with Crippen molar-refractivity contribution in [1.82, 2.24) is 8.68 Å². The minimum atomic E-state index is -0.373. The first-order valence-corrected chi connectivity index (χ1v) is 21.6. The van der Waals surface area contributed by atoms with Crippen molar-refractivity contribution in [1.29, 1.82) is 0 Å². The molecule has 4 aliphatic carbocycles. The molecule has 2 atom stereocenters. The van der Waals surface area contributed by atoms with Crippen LogP contribution in [-0.2, 0) is 41.9 Å². The Kier molecular flexibility index (Phi) is 8.75. The molecule has 1 aliphatic heterocycles. The molecule has 2 aromatic heterocycles. The van der Waals surface area contributed by atoms with Gasteiger partial charge < -0.3 is 13.8 Å². The predicted octanol–water partition coefficient (Wildman–Crippen LogP) is 13.0. The highest BCUT2D eigenvalue weighted by Crippen LogP contribution is 2.58. The molecule has 0 saturated carbocycles. The summed E-state index contributed by atoms with van der Waals surface area (Å²) in [5.41, 5.74) is 15.5. The van der Waals surface area contributed by atoms with E-state index in [1.807, 2.05) is 0 Å². The van der Waals surface area contributed by atoms with E-state index in [2.05, 4.69) is 137 Å². The predicted molar refractivity (Wildman–Crippen MR) is 229 cm³/mol. The highest BCUT2D eigenvalue weighted by Gasteiger charge is 2.40. The minimum Gasteiger partial charge on any atom is -0.451 e. The topological polar surface area (TPSA) is 37.5 Å². The van der Waals surface area contributed by atoms with Crippen LogP contribution in [0.3, 0.4) is 0 Å². The van der Waals surface area contributed by atoms with Gasteiger partial charge in [0.15, 0.2) is 40.9 Å². The summed E-state index contributed by atoms with van der Waals surface area (Å²) in [6.07, 6.45) is 27.3. The molecule has 0 radical (unpaired) electrons. The van der Waals surface area contributed by atoms with Crippen LogP contribution >= 0.6 is 17.9 Å². The van der Waals surface area contributed by atoms with E-state index >= 15 is 0 Å². The maximum absolute atomic E-state index is 7.19. The van der Waals surface area contributed by atoms with Crippen molar-refractivity contribution in [3.63, 3.8) is 0 Å². The Hall–Kier alpha value is -3.78. The monoisotopic (exact) mass is 756 g/mol. The SMILES string of the molecule is CC(C)(C)c1cc(OPn2c3c(c4c2C=CCC4)CCC=C3)c2c(c1)C(C)(C)c1cc(C(C)(C)C)cc(OPn3c4c(c5c3C=CCC5)CCC=C4)c1O2. The molecule has 7 heteroatoms. The molecule has 5 nitrogen and oxygen atoms in total. The second-order valence-corrected chi connectivity index (χ2v) is 19.9. The van der Waals surface area contributed by atoms with Crippen molar-refractivity contribution in [3.05, 3.63) is 116 Å². The van der Waals surface area contributed by atoms with Crippen LogP contribution in [0, 0.1) is 0 Å². The number of hydrogen-bond acceptors (Lipinski definition) is 3. The first-order chi connectivity index (χ1) is 25.8. The quantitative estimate of drug-likeness (QED) is 0.184. The Morgan fingerprint density at radius 3 is 1.19 bits per heavy atom. The molecular weight excluding hydrogens is 702 g/mol. The lowest BCUT2D eigenvalue weighted by molar-refractivity contribution is 0.384. The smallest absolute Gasteiger partial charge is 0.182 e. The third kappa shape index (κ3) is 5.97. The summed E-state index contributed by atoms with van der Waals surface area (Å²) in [7, 11) is 0.172. The number of ether oxygens (including phenoxy) is 1. The molecule has 9 rings (SSSR count). The summed E-state index contributed by atoms with van der Waals surface area (Å²) < 4.78 is 26.0. The van der Waals surface area contributed by atoms with Crippen molar-refractivity contribution in [2.75, 3.05) is 0 Å². The number of hydrogen-bond donors (Lipinski definition) is 0. The van der Waals surface area contributed by atoms with Gasteiger partial charge in [0.05, 0.1) is 22.8 Å². The van der Waals surface area contributed by atoms with Gasteiger partial charge in [-0.3, -0.25) is 8.68 Å². The molecule has 4 aromatic rings. The first kappa shape index (κ1) is 35.9. The Balaban J connectivity index is 1.15. The summed E-state index contributed by atoms with van der Waals surface area (Å²) >= 11 is 0. The molecule has 0 fully saturated rings. The fraction of sp³-hybridized carbons (Fsp3) is 0.404. The minimum absolute atomic E-state index is 0.0789. The van der Waals surface area contributed by atoms with Gasteiger partial charge in [-0.05, 0) is 132 Å². The molecule has 2 unspecified atom stereocenters. The van der Waals surface area contributed by atoms with E-state index in [1.54, 1.807) is 0 Å². The highest BCUT2D eigenvalue weighted by atomic mass is 31.1. The van der Waals surface area contributed by atoms with Crippen molar-refractivity contribution in [2.45, 2.75) is 123 Å².